The number of carbonyl (C=O) groups excluding carboxylic acids is 3. The van der Waals surface area contributed by atoms with E-state index in [1.165, 1.54) is 6.92 Å². The number of esters is 1. The van der Waals surface area contributed by atoms with Gasteiger partial charge in [0.25, 0.3) is 11.8 Å². The molecule has 0 fully saturated rings. The summed E-state index contributed by atoms with van der Waals surface area (Å²) < 4.78 is 17.6. The lowest BCUT2D eigenvalue weighted by molar-refractivity contribution is -0.142. The van der Waals surface area contributed by atoms with Crippen molar-refractivity contribution in [2.75, 3.05) is 33.0 Å². The van der Waals surface area contributed by atoms with E-state index in [0.29, 0.717) is 23.6 Å². The third-order valence-electron chi connectivity index (χ3n) is 6.38. The van der Waals surface area contributed by atoms with Crippen LogP contribution >= 0.6 is 0 Å². The molecular formula is C32H30N4O6. The molecule has 0 aliphatic carbocycles. The fraction of sp³-hybridized carbons (Fsp3) is 0.219. The first kappa shape index (κ1) is 29.7. The number of nitriles is 1. The predicted molar refractivity (Wildman–Crippen MR) is 155 cm³/mol. The summed E-state index contributed by atoms with van der Waals surface area (Å²) in [4.78, 5) is 38.5. The molecule has 2 aromatic carbocycles. The van der Waals surface area contributed by atoms with Crippen molar-refractivity contribution in [3.8, 4) is 28.8 Å². The van der Waals surface area contributed by atoms with Crippen molar-refractivity contribution in [1.82, 2.24) is 14.7 Å². The molecular weight excluding hydrogens is 536 g/mol. The number of amides is 2. The third-order valence-corrected chi connectivity index (χ3v) is 6.38. The second-order valence-corrected chi connectivity index (χ2v) is 9.22. The molecule has 0 bridgehead atoms. The van der Waals surface area contributed by atoms with Crippen LogP contribution in [0.5, 0.6) is 5.75 Å². The predicted octanol–water partition coefficient (Wildman–Crippen LogP) is 4.28. The highest BCUT2D eigenvalue weighted by atomic mass is 16.6. The van der Waals surface area contributed by atoms with Crippen LogP contribution in [0.15, 0.2) is 90.2 Å². The highest BCUT2D eigenvalue weighted by Gasteiger charge is 2.35. The number of aromatic nitrogens is 2. The normalized spacial score (nSPS) is 14.2. The standard InChI is InChI=1S/C32H30N4O6/c1-4-15-42-27-12-10-24(11-13-27)30-25(21-36(34-30)26-8-6-5-7-9-26)19-28-22(2)29(20-33)32(39)35(31(28)38)14-16-40-17-18-41-23(3)37/h4-13,19,21H,1,14-18H2,2-3H3/b28-19+. The van der Waals surface area contributed by atoms with Crippen LogP contribution in [-0.4, -0.2) is 65.4 Å². The number of hydrogen-bond donors (Lipinski definition) is 0. The highest BCUT2D eigenvalue weighted by Crippen LogP contribution is 2.31. The summed E-state index contributed by atoms with van der Waals surface area (Å²) in [6.45, 7) is 7.02. The van der Waals surface area contributed by atoms with E-state index >= 15 is 0 Å². The molecule has 2 amide bonds. The monoisotopic (exact) mass is 566 g/mol. The van der Waals surface area contributed by atoms with Crippen molar-refractivity contribution in [2.24, 2.45) is 0 Å². The average Bonchev–Trinajstić information content (AvgIpc) is 3.42. The van der Waals surface area contributed by atoms with Crippen molar-refractivity contribution in [3.05, 3.63) is 95.7 Å². The van der Waals surface area contributed by atoms with Gasteiger partial charge in [0.2, 0.25) is 0 Å². The Kier molecular flexibility index (Phi) is 9.81. The van der Waals surface area contributed by atoms with E-state index in [9.17, 15) is 19.6 Å². The minimum atomic E-state index is -0.684. The van der Waals surface area contributed by atoms with Crippen LogP contribution in [0, 0.1) is 11.3 Å². The summed E-state index contributed by atoms with van der Waals surface area (Å²) in [5.74, 6) is -0.992. The van der Waals surface area contributed by atoms with Gasteiger partial charge in [-0.2, -0.15) is 10.4 Å². The van der Waals surface area contributed by atoms with E-state index in [1.54, 1.807) is 30.0 Å². The van der Waals surface area contributed by atoms with E-state index < -0.39 is 17.8 Å². The van der Waals surface area contributed by atoms with Crippen LogP contribution in [0.2, 0.25) is 0 Å². The van der Waals surface area contributed by atoms with Crippen molar-refractivity contribution < 1.29 is 28.6 Å². The van der Waals surface area contributed by atoms with E-state index in [0.717, 1.165) is 16.2 Å². The van der Waals surface area contributed by atoms with Crippen LogP contribution in [0.4, 0.5) is 0 Å². The second-order valence-electron chi connectivity index (χ2n) is 9.22. The van der Waals surface area contributed by atoms with Gasteiger partial charge in [-0.3, -0.25) is 19.3 Å². The molecule has 214 valence electrons. The summed E-state index contributed by atoms with van der Waals surface area (Å²) in [6, 6.07) is 18.9. The van der Waals surface area contributed by atoms with Crippen LogP contribution < -0.4 is 4.74 Å². The number of carbonyl (C=O) groups is 3. The van der Waals surface area contributed by atoms with Gasteiger partial charge in [-0.1, -0.05) is 30.9 Å². The molecule has 0 unspecified atom stereocenters. The molecule has 0 atom stereocenters. The molecule has 1 aliphatic heterocycles. The van der Waals surface area contributed by atoms with Gasteiger partial charge in [-0.25, -0.2) is 4.68 Å². The van der Waals surface area contributed by atoms with E-state index in [4.69, 9.17) is 19.3 Å². The molecule has 2 heterocycles. The summed E-state index contributed by atoms with van der Waals surface area (Å²) >= 11 is 0. The average molecular weight is 567 g/mol. The van der Waals surface area contributed by atoms with Crippen molar-refractivity contribution >= 4 is 23.9 Å². The minimum Gasteiger partial charge on any atom is -0.490 e. The highest BCUT2D eigenvalue weighted by molar-refractivity contribution is 6.19. The Morgan fingerprint density at radius 3 is 2.45 bits per heavy atom. The molecule has 0 N–H and O–H groups in total. The number of rotatable bonds is 12. The number of para-hydroxylation sites is 1. The molecule has 10 nitrogen and oxygen atoms in total. The number of benzene rings is 2. The zero-order valence-corrected chi connectivity index (χ0v) is 23.4. The first-order valence-corrected chi connectivity index (χ1v) is 13.2. The maximum atomic E-state index is 13.6. The fourth-order valence-electron chi connectivity index (χ4n) is 4.28. The second kappa shape index (κ2) is 13.9. The third kappa shape index (κ3) is 6.89. The maximum Gasteiger partial charge on any atom is 0.302 e. The number of imide groups is 1. The SMILES string of the molecule is C=CCOc1ccc(-c2nn(-c3ccccc3)cc2/C=C2/C(=O)N(CCOCCOC(C)=O)C(=O)C(C#N)=C2C)cc1. The Labute approximate surface area is 243 Å². The van der Waals surface area contributed by atoms with Gasteiger partial charge in [-0.05, 0) is 55.0 Å². The van der Waals surface area contributed by atoms with Gasteiger partial charge in [-0.15, -0.1) is 0 Å². The lowest BCUT2D eigenvalue weighted by Gasteiger charge is -2.27. The molecule has 1 aromatic heterocycles. The first-order valence-electron chi connectivity index (χ1n) is 13.2. The quantitative estimate of drug-likeness (QED) is 0.105. The van der Waals surface area contributed by atoms with E-state index in [2.05, 4.69) is 6.58 Å². The van der Waals surface area contributed by atoms with Crippen molar-refractivity contribution in [1.29, 1.82) is 5.26 Å². The topological polar surface area (TPSA) is 124 Å². The first-order chi connectivity index (χ1) is 20.3. The molecule has 3 aromatic rings. The largest absolute Gasteiger partial charge is 0.490 e. The van der Waals surface area contributed by atoms with Gasteiger partial charge in [0.1, 0.15) is 30.6 Å². The summed E-state index contributed by atoms with van der Waals surface area (Å²) in [5.41, 5.74) is 3.17. The lowest BCUT2D eigenvalue weighted by Crippen LogP contribution is -2.44. The molecule has 1 aliphatic rings. The maximum absolute atomic E-state index is 13.6. The van der Waals surface area contributed by atoms with Gasteiger partial charge in [0, 0.05) is 29.8 Å². The summed E-state index contributed by atoms with van der Waals surface area (Å²) in [6.07, 6.45) is 5.11. The molecule has 4 rings (SSSR count). The van der Waals surface area contributed by atoms with E-state index in [1.807, 2.05) is 60.7 Å². The van der Waals surface area contributed by atoms with Crippen LogP contribution in [0.1, 0.15) is 19.4 Å². The Bertz CT molecular complexity index is 1580. The zero-order valence-electron chi connectivity index (χ0n) is 23.4. The minimum absolute atomic E-state index is 0.0151. The molecule has 10 heteroatoms. The molecule has 0 saturated carbocycles. The van der Waals surface area contributed by atoms with Gasteiger partial charge in [0.05, 0.1) is 31.1 Å². The number of nitrogens with zero attached hydrogens (tertiary/aromatic N) is 4. The molecule has 0 saturated heterocycles. The van der Waals surface area contributed by atoms with Crippen LogP contribution in [-0.2, 0) is 23.9 Å². The molecule has 0 radical (unpaired) electrons. The number of hydrogen-bond acceptors (Lipinski definition) is 8. The van der Waals surface area contributed by atoms with E-state index in [-0.39, 0.29) is 43.1 Å². The Morgan fingerprint density at radius 1 is 1.05 bits per heavy atom. The van der Waals surface area contributed by atoms with Crippen molar-refractivity contribution in [2.45, 2.75) is 13.8 Å². The fourth-order valence-corrected chi connectivity index (χ4v) is 4.28. The molecule has 0 spiro atoms. The van der Waals surface area contributed by atoms with Gasteiger partial charge < -0.3 is 14.2 Å². The summed E-state index contributed by atoms with van der Waals surface area (Å²) in [7, 11) is 0. The number of ether oxygens (including phenoxy) is 3. The zero-order chi connectivity index (χ0) is 30.1. The molecule has 42 heavy (non-hydrogen) atoms. The Hall–Kier alpha value is -5.27. The lowest BCUT2D eigenvalue weighted by atomic mass is 9.93. The smallest absolute Gasteiger partial charge is 0.302 e. The Morgan fingerprint density at radius 2 is 1.79 bits per heavy atom. The van der Waals surface area contributed by atoms with Crippen LogP contribution in [0.3, 0.4) is 0 Å². The summed E-state index contributed by atoms with van der Waals surface area (Å²) in [5, 5.41) is 14.6. The Balaban J connectivity index is 1.70. The van der Waals surface area contributed by atoms with Crippen molar-refractivity contribution in [3.63, 3.8) is 0 Å². The van der Waals surface area contributed by atoms with Gasteiger partial charge in [0.15, 0.2) is 0 Å². The van der Waals surface area contributed by atoms with Gasteiger partial charge >= 0.3 is 5.97 Å². The van der Waals surface area contributed by atoms with Crippen LogP contribution in [0.25, 0.3) is 23.0 Å².